The van der Waals surface area contributed by atoms with Crippen molar-refractivity contribution in [2.45, 2.75) is 39.3 Å². The average Bonchev–Trinajstić information content (AvgIpc) is 2.84. The number of hydrogen-bond acceptors (Lipinski definition) is 3. The number of benzene rings is 1. The Bertz CT molecular complexity index is 594. The van der Waals surface area contributed by atoms with Gasteiger partial charge in [-0.15, -0.1) is 0 Å². The van der Waals surface area contributed by atoms with Crippen molar-refractivity contribution in [1.82, 2.24) is 0 Å². The predicted molar refractivity (Wildman–Crippen MR) is 83.9 cm³/mol. The smallest absolute Gasteiger partial charge is 0.123 e. The number of furan rings is 1. The van der Waals surface area contributed by atoms with Gasteiger partial charge in [-0.25, -0.2) is 4.39 Å². The molecule has 4 heteroatoms. The normalized spacial score (nSPS) is 12.4. The summed E-state index contributed by atoms with van der Waals surface area (Å²) in [7, 11) is 2.00. The van der Waals surface area contributed by atoms with Crippen LogP contribution in [0.25, 0.3) is 0 Å². The summed E-state index contributed by atoms with van der Waals surface area (Å²) in [4.78, 5) is 2.11. The Hall–Kier alpha value is -1.81. The van der Waals surface area contributed by atoms with Gasteiger partial charge in [0, 0.05) is 30.9 Å². The first-order valence-electron chi connectivity index (χ1n) is 7.29. The molecule has 0 spiro atoms. The Morgan fingerprint density at radius 2 is 2.05 bits per heavy atom. The quantitative estimate of drug-likeness (QED) is 0.883. The molecule has 0 bridgehead atoms. The average molecular weight is 290 g/mol. The van der Waals surface area contributed by atoms with Gasteiger partial charge in [-0.1, -0.05) is 6.92 Å². The molecule has 0 aliphatic heterocycles. The van der Waals surface area contributed by atoms with E-state index in [1.54, 1.807) is 12.3 Å². The monoisotopic (exact) mass is 290 g/mol. The van der Waals surface area contributed by atoms with Gasteiger partial charge in [0.25, 0.3) is 0 Å². The number of hydrogen-bond donors (Lipinski definition) is 1. The van der Waals surface area contributed by atoms with E-state index in [4.69, 9.17) is 10.2 Å². The lowest BCUT2D eigenvalue weighted by Gasteiger charge is -2.23. The molecule has 1 aromatic carbocycles. The van der Waals surface area contributed by atoms with Gasteiger partial charge in [-0.3, -0.25) is 0 Å². The lowest BCUT2D eigenvalue weighted by molar-refractivity contribution is 0.529. The third-order valence-electron chi connectivity index (χ3n) is 3.83. The number of nitrogens with zero attached hydrogens (tertiary/aromatic N) is 1. The van der Waals surface area contributed by atoms with Crippen LogP contribution in [0.5, 0.6) is 0 Å². The first-order valence-corrected chi connectivity index (χ1v) is 7.29. The summed E-state index contributed by atoms with van der Waals surface area (Å²) in [5.41, 5.74) is 9.13. The Balaban J connectivity index is 2.23. The summed E-state index contributed by atoms with van der Waals surface area (Å²) in [6, 6.07) is 6.92. The zero-order chi connectivity index (χ0) is 15.4. The minimum Gasteiger partial charge on any atom is -0.469 e. The fourth-order valence-corrected chi connectivity index (χ4v) is 2.43. The van der Waals surface area contributed by atoms with Crippen LogP contribution in [-0.4, -0.2) is 13.1 Å². The largest absolute Gasteiger partial charge is 0.469 e. The zero-order valence-electron chi connectivity index (χ0n) is 12.9. The molecule has 1 unspecified atom stereocenters. The van der Waals surface area contributed by atoms with Crippen molar-refractivity contribution >= 4 is 5.69 Å². The van der Waals surface area contributed by atoms with E-state index in [2.05, 4.69) is 4.90 Å². The molecule has 0 amide bonds. The molecule has 0 saturated heterocycles. The summed E-state index contributed by atoms with van der Waals surface area (Å²) in [5.74, 6) is 0.695. The van der Waals surface area contributed by atoms with Crippen LogP contribution < -0.4 is 10.6 Å². The molecule has 2 aromatic rings. The number of rotatable bonds is 6. The van der Waals surface area contributed by atoms with Crippen molar-refractivity contribution in [3.05, 3.63) is 53.2 Å². The zero-order valence-corrected chi connectivity index (χ0v) is 12.9. The molecule has 0 fully saturated rings. The lowest BCUT2D eigenvalue weighted by atomic mass is 10.0. The van der Waals surface area contributed by atoms with Crippen LogP contribution in [0.4, 0.5) is 10.1 Å². The number of anilines is 1. The van der Waals surface area contributed by atoms with Crippen LogP contribution in [-0.2, 0) is 13.0 Å². The highest BCUT2D eigenvalue weighted by Gasteiger charge is 2.13. The first-order chi connectivity index (χ1) is 10.0. The van der Waals surface area contributed by atoms with E-state index in [0.29, 0.717) is 6.42 Å². The second-order valence-electron chi connectivity index (χ2n) is 5.50. The highest BCUT2D eigenvalue weighted by molar-refractivity contribution is 5.54. The van der Waals surface area contributed by atoms with E-state index >= 15 is 0 Å². The second kappa shape index (κ2) is 6.76. The van der Waals surface area contributed by atoms with Gasteiger partial charge in [0.15, 0.2) is 0 Å². The molecule has 1 heterocycles. The fraction of sp³-hybridized carbons (Fsp3) is 0.412. The molecule has 3 nitrogen and oxygen atoms in total. The molecule has 114 valence electrons. The van der Waals surface area contributed by atoms with E-state index in [1.807, 2.05) is 33.0 Å². The van der Waals surface area contributed by atoms with Gasteiger partial charge in [-0.05, 0) is 49.6 Å². The van der Waals surface area contributed by atoms with Crippen LogP contribution in [0.2, 0.25) is 0 Å². The van der Waals surface area contributed by atoms with Gasteiger partial charge in [-0.2, -0.15) is 0 Å². The van der Waals surface area contributed by atoms with E-state index in [1.165, 1.54) is 6.07 Å². The van der Waals surface area contributed by atoms with E-state index < -0.39 is 0 Å². The van der Waals surface area contributed by atoms with Gasteiger partial charge in [0.2, 0.25) is 0 Å². The highest BCUT2D eigenvalue weighted by atomic mass is 19.1. The summed E-state index contributed by atoms with van der Waals surface area (Å²) < 4.78 is 18.9. The maximum Gasteiger partial charge on any atom is 0.123 e. The SMILES string of the molecule is CCC(N)Cc1cc(F)ccc1N(C)Cc1ccoc1C. The van der Waals surface area contributed by atoms with Gasteiger partial charge >= 0.3 is 0 Å². The van der Waals surface area contributed by atoms with Gasteiger partial charge in [0.1, 0.15) is 11.6 Å². The Morgan fingerprint density at radius 1 is 1.29 bits per heavy atom. The maximum absolute atomic E-state index is 13.5. The number of aryl methyl sites for hydroxylation is 1. The van der Waals surface area contributed by atoms with Crippen molar-refractivity contribution in [2.24, 2.45) is 5.73 Å². The molecular formula is C17H23FN2O. The van der Waals surface area contributed by atoms with Crippen LogP contribution in [0.15, 0.2) is 34.9 Å². The Labute approximate surface area is 125 Å². The number of halogens is 1. The summed E-state index contributed by atoms with van der Waals surface area (Å²) in [6.45, 7) is 4.71. The van der Waals surface area contributed by atoms with Crippen molar-refractivity contribution in [1.29, 1.82) is 0 Å². The second-order valence-corrected chi connectivity index (χ2v) is 5.50. The molecule has 0 saturated carbocycles. The Kier molecular flexibility index (Phi) is 5.02. The summed E-state index contributed by atoms with van der Waals surface area (Å²) >= 11 is 0. The summed E-state index contributed by atoms with van der Waals surface area (Å²) in [5, 5.41) is 0. The molecule has 2 rings (SSSR count). The standard InChI is InChI=1S/C17H23FN2O/c1-4-16(19)10-14-9-15(18)5-6-17(14)20(3)11-13-7-8-21-12(13)2/h5-9,16H,4,10-11,19H2,1-3H3. The van der Waals surface area contributed by atoms with Crippen molar-refractivity contribution in [3.8, 4) is 0 Å². The van der Waals surface area contributed by atoms with E-state index in [0.717, 1.165) is 35.5 Å². The molecular weight excluding hydrogens is 267 g/mol. The third-order valence-corrected chi connectivity index (χ3v) is 3.83. The molecule has 2 N–H and O–H groups in total. The van der Waals surface area contributed by atoms with Crippen LogP contribution in [0.1, 0.15) is 30.2 Å². The van der Waals surface area contributed by atoms with Crippen LogP contribution >= 0.6 is 0 Å². The van der Waals surface area contributed by atoms with Crippen LogP contribution in [0, 0.1) is 12.7 Å². The topological polar surface area (TPSA) is 42.4 Å². The van der Waals surface area contributed by atoms with Crippen molar-refractivity contribution < 1.29 is 8.81 Å². The van der Waals surface area contributed by atoms with Gasteiger partial charge < -0.3 is 15.1 Å². The molecule has 1 aromatic heterocycles. The first kappa shape index (κ1) is 15.6. The minimum absolute atomic E-state index is 0.0506. The molecule has 0 aliphatic rings. The lowest BCUT2D eigenvalue weighted by Crippen LogP contribution is -2.24. The van der Waals surface area contributed by atoms with Crippen molar-refractivity contribution in [3.63, 3.8) is 0 Å². The Morgan fingerprint density at radius 3 is 2.67 bits per heavy atom. The number of nitrogens with two attached hydrogens (primary N) is 1. The van der Waals surface area contributed by atoms with E-state index in [-0.39, 0.29) is 11.9 Å². The molecule has 0 radical (unpaired) electrons. The van der Waals surface area contributed by atoms with Gasteiger partial charge in [0.05, 0.1) is 6.26 Å². The maximum atomic E-state index is 13.5. The molecule has 21 heavy (non-hydrogen) atoms. The van der Waals surface area contributed by atoms with E-state index in [9.17, 15) is 4.39 Å². The molecule has 1 atom stereocenters. The fourth-order valence-electron chi connectivity index (χ4n) is 2.43. The summed E-state index contributed by atoms with van der Waals surface area (Å²) in [6.07, 6.45) is 3.25. The third kappa shape index (κ3) is 3.85. The predicted octanol–water partition coefficient (Wildman–Crippen LogP) is 3.64. The molecule has 0 aliphatic carbocycles. The van der Waals surface area contributed by atoms with Crippen molar-refractivity contribution in [2.75, 3.05) is 11.9 Å². The minimum atomic E-state index is -0.218. The van der Waals surface area contributed by atoms with Crippen LogP contribution in [0.3, 0.4) is 0 Å². The highest BCUT2D eigenvalue weighted by Crippen LogP contribution is 2.24.